The normalized spacial score (nSPS) is 16.0. The summed E-state index contributed by atoms with van der Waals surface area (Å²) in [5.74, 6) is 1.09. The Bertz CT molecular complexity index is 1630. The summed E-state index contributed by atoms with van der Waals surface area (Å²) in [6.45, 7) is 4.64. The third kappa shape index (κ3) is 4.80. The monoisotopic (exact) mass is 519 g/mol. The van der Waals surface area contributed by atoms with Gasteiger partial charge in [-0.15, -0.1) is 0 Å². The van der Waals surface area contributed by atoms with E-state index < -0.39 is 6.09 Å². The SMILES string of the molecule is CC1CN(Cc2ccc(-n3c(-c4cccnc4N)nc4ccc(-c5ccccc5)nc43)cc2)CCN1C(=O)O. The van der Waals surface area contributed by atoms with E-state index in [1.807, 2.05) is 66.1 Å². The maximum atomic E-state index is 11.4. The minimum Gasteiger partial charge on any atom is -0.465 e. The predicted octanol–water partition coefficient (Wildman–Crippen LogP) is 4.92. The quantitative estimate of drug-likeness (QED) is 0.339. The lowest BCUT2D eigenvalue weighted by molar-refractivity contribution is 0.0711. The lowest BCUT2D eigenvalue weighted by Gasteiger charge is -2.38. The first kappa shape index (κ1) is 24.6. The molecule has 1 aliphatic rings. The van der Waals surface area contributed by atoms with Crippen LogP contribution in [0.2, 0.25) is 0 Å². The van der Waals surface area contributed by atoms with Gasteiger partial charge < -0.3 is 15.7 Å². The number of benzene rings is 2. The Hall–Kier alpha value is -4.76. The van der Waals surface area contributed by atoms with Gasteiger partial charge in [-0.3, -0.25) is 9.47 Å². The number of hydrogen-bond donors (Lipinski definition) is 2. The third-order valence-electron chi connectivity index (χ3n) is 7.21. The molecule has 1 saturated heterocycles. The minimum atomic E-state index is -0.854. The zero-order chi connectivity index (χ0) is 26.9. The molecule has 1 unspecified atom stereocenters. The van der Waals surface area contributed by atoms with Crippen molar-refractivity contribution in [1.82, 2.24) is 29.3 Å². The van der Waals surface area contributed by atoms with E-state index in [9.17, 15) is 9.90 Å². The maximum Gasteiger partial charge on any atom is 0.407 e. The molecule has 2 aromatic carbocycles. The highest BCUT2D eigenvalue weighted by Crippen LogP contribution is 2.32. The first-order valence-corrected chi connectivity index (χ1v) is 12.9. The molecule has 9 nitrogen and oxygen atoms in total. The second-order valence-corrected chi connectivity index (χ2v) is 9.84. The van der Waals surface area contributed by atoms with E-state index in [0.29, 0.717) is 31.3 Å². The molecule has 0 spiro atoms. The molecule has 9 heteroatoms. The average molecular weight is 520 g/mol. The van der Waals surface area contributed by atoms with Crippen molar-refractivity contribution in [2.24, 2.45) is 0 Å². The molecule has 39 heavy (non-hydrogen) atoms. The van der Waals surface area contributed by atoms with Crippen molar-refractivity contribution in [3.8, 4) is 28.3 Å². The molecule has 6 rings (SSSR count). The highest BCUT2D eigenvalue weighted by molar-refractivity contribution is 5.84. The van der Waals surface area contributed by atoms with Crippen LogP contribution in [0.4, 0.5) is 10.6 Å². The summed E-state index contributed by atoms with van der Waals surface area (Å²) in [4.78, 5) is 29.4. The first-order chi connectivity index (χ1) is 19.0. The van der Waals surface area contributed by atoms with E-state index in [-0.39, 0.29) is 6.04 Å². The third-order valence-corrected chi connectivity index (χ3v) is 7.21. The van der Waals surface area contributed by atoms with Gasteiger partial charge >= 0.3 is 6.09 Å². The van der Waals surface area contributed by atoms with Crippen LogP contribution in [0.15, 0.2) is 85.1 Å². The lowest BCUT2D eigenvalue weighted by atomic mass is 10.1. The molecule has 1 aliphatic heterocycles. The van der Waals surface area contributed by atoms with Crippen molar-refractivity contribution < 1.29 is 9.90 Å². The number of imidazole rings is 1. The van der Waals surface area contributed by atoms with Crippen molar-refractivity contribution in [2.75, 3.05) is 25.4 Å². The number of nitrogen functional groups attached to an aromatic ring is 1. The number of nitrogens with two attached hydrogens (primary N) is 1. The van der Waals surface area contributed by atoms with Crippen LogP contribution in [0.3, 0.4) is 0 Å². The second-order valence-electron chi connectivity index (χ2n) is 9.84. The van der Waals surface area contributed by atoms with Crippen LogP contribution in [0.5, 0.6) is 0 Å². The van der Waals surface area contributed by atoms with Crippen LogP contribution < -0.4 is 5.73 Å². The molecule has 196 valence electrons. The highest BCUT2D eigenvalue weighted by atomic mass is 16.4. The summed E-state index contributed by atoms with van der Waals surface area (Å²) in [7, 11) is 0. The summed E-state index contributed by atoms with van der Waals surface area (Å²) in [6, 6.07) is 26.1. The van der Waals surface area contributed by atoms with Crippen molar-refractivity contribution >= 4 is 23.1 Å². The van der Waals surface area contributed by atoms with E-state index in [1.165, 1.54) is 4.90 Å². The Morgan fingerprint density at radius 2 is 1.77 bits per heavy atom. The van der Waals surface area contributed by atoms with Gasteiger partial charge in [-0.25, -0.2) is 19.7 Å². The zero-order valence-corrected chi connectivity index (χ0v) is 21.6. The summed E-state index contributed by atoms with van der Waals surface area (Å²) in [5, 5.41) is 9.37. The molecule has 1 atom stereocenters. The van der Waals surface area contributed by atoms with Gasteiger partial charge in [0.1, 0.15) is 11.3 Å². The fraction of sp³-hybridized carbons (Fsp3) is 0.200. The number of fused-ring (bicyclic) bond motifs is 1. The van der Waals surface area contributed by atoms with Gasteiger partial charge in [-0.2, -0.15) is 0 Å². The number of carbonyl (C=O) groups is 1. The number of pyridine rings is 2. The molecule has 1 fully saturated rings. The largest absolute Gasteiger partial charge is 0.465 e. The Morgan fingerprint density at radius 1 is 0.974 bits per heavy atom. The van der Waals surface area contributed by atoms with Crippen LogP contribution >= 0.6 is 0 Å². The van der Waals surface area contributed by atoms with Crippen molar-refractivity contribution in [3.05, 3.63) is 90.6 Å². The second kappa shape index (κ2) is 10.2. The number of carboxylic acid groups (broad SMARTS) is 1. The van der Waals surface area contributed by atoms with E-state index in [2.05, 4.69) is 34.1 Å². The van der Waals surface area contributed by atoms with Gasteiger partial charge in [-0.05, 0) is 48.9 Å². The number of amides is 1. The molecule has 0 saturated carbocycles. The fourth-order valence-electron chi connectivity index (χ4n) is 5.23. The molecule has 5 aromatic rings. The lowest BCUT2D eigenvalue weighted by Crippen LogP contribution is -2.53. The topological polar surface area (TPSA) is 113 Å². The number of anilines is 1. The molecule has 4 heterocycles. The van der Waals surface area contributed by atoms with Crippen molar-refractivity contribution in [3.63, 3.8) is 0 Å². The highest BCUT2D eigenvalue weighted by Gasteiger charge is 2.27. The fourth-order valence-corrected chi connectivity index (χ4v) is 5.23. The van der Waals surface area contributed by atoms with Crippen molar-refractivity contribution in [2.45, 2.75) is 19.5 Å². The predicted molar refractivity (Wildman–Crippen MR) is 151 cm³/mol. The molecule has 3 N–H and O–H groups in total. The molecule has 1 amide bonds. The van der Waals surface area contributed by atoms with Gasteiger partial charge in [-0.1, -0.05) is 42.5 Å². The van der Waals surface area contributed by atoms with Gasteiger partial charge in [0.2, 0.25) is 0 Å². The number of hydrogen-bond acceptors (Lipinski definition) is 6. The standard InChI is InChI=1S/C30H29N7O2/c1-20-18-35(16-17-36(20)30(38)39)19-21-9-11-23(12-10-21)37-28(24-8-5-15-32-27(24)31)34-26-14-13-25(33-29(26)37)22-6-3-2-4-7-22/h2-15,20H,16-19H2,1H3,(H2,31,32)(H,38,39). The molecule has 3 aromatic heterocycles. The van der Waals surface area contributed by atoms with E-state index in [4.69, 9.17) is 15.7 Å². The number of nitrogens with zero attached hydrogens (tertiary/aromatic N) is 6. The molecular weight excluding hydrogens is 490 g/mol. The summed E-state index contributed by atoms with van der Waals surface area (Å²) < 4.78 is 2.03. The van der Waals surface area contributed by atoms with Crippen LogP contribution in [-0.4, -0.2) is 66.2 Å². The van der Waals surface area contributed by atoms with E-state index in [0.717, 1.165) is 45.8 Å². The zero-order valence-electron chi connectivity index (χ0n) is 21.6. The number of rotatable bonds is 5. The minimum absolute atomic E-state index is 0.0368. The maximum absolute atomic E-state index is 11.4. The Morgan fingerprint density at radius 3 is 2.49 bits per heavy atom. The van der Waals surface area contributed by atoms with Gasteiger partial charge in [0.05, 0.1) is 11.3 Å². The summed E-state index contributed by atoms with van der Waals surface area (Å²) >= 11 is 0. The average Bonchev–Trinajstić information content (AvgIpc) is 3.32. The van der Waals surface area contributed by atoms with Crippen LogP contribution in [-0.2, 0) is 6.54 Å². The van der Waals surface area contributed by atoms with E-state index in [1.54, 1.807) is 6.20 Å². The smallest absolute Gasteiger partial charge is 0.407 e. The van der Waals surface area contributed by atoms with E-state index >= 15 is 0 Å². The Labute approximate surface area is 226 Å². The van der Waals surface area contributed by atoms with Crippen LogP contribution in [0.25, 0.3) is 39.5 Å². The van der Waals surface area contributed by atoms with Gasteiger partial charge in [0.15, 0.2) is 11.5 Å². The first-order valence-electron chi connectivity index (χ1n) is 12.9. The molecular formula is C30H29N7O2. The number of aromatic nitrogens is 4. The van der Waals surface area contributed by atoms with Gasteiger partial charge in [0.25, 0.3) is 0 Å². The van der Waals surface area contributed by atoms with Gasteiger partial charge in [0, 0.05) is 49.7 Å². The summed E-state index contributed by atoms with van der Waals surface area (Å²) in [5.41, 5.74) is 12.5. The summed E-state index contributed by atoms with van der Waals surface area (Å²) in [6.07, 6.45) is 0.817. The van der Waals surface area contributed by atoms with Crippen LogP contribution in [0.1, 0.15) is 12.5 Å². The molecule has 0 radical (unpaired) electrons. The molecule has 0 aliphatic carbocycles. The Balaban J connectivity index is 1.37. The molecule has 0 bridgehead atoms. The Kier molecular flexibility index (Phi) is 6.42. The van der Waals surface area contributed by atoms with Crippen molar-refractivity contribution in [1.29, 1.82) is 0 Å². The van der Waals surface area contributed by atoms with Crippen LogP contribution in [0, 0.1) is 0 Å². The number of piperazine rings is 1.